The Morgan fingerprint density at radius 2 is 1.92 bits per heavy atom. The van der Waals surface area contributed by atoms with Crippen LogP contribution < -0.4 is 5.32 Å². The van der Waals surface area contributed by atoms with Crippen LogP contribution in [-0.2, 0) is 4.79 Å². The molecule has 0 atom stereocenters. The molecule has 68 valence electrons. The van der Waals surface area contributed by atoms with E-state index in [1.165, 1.54) is 6.92 Å². The van der Waals surface area contributed by atoms with Gasteiger partial charge in [0.25, 0.3) is 0 Å². The monoisotopic (exact) mass is 175 g/mol. The zero-order valence-electron chi connectivity index (χ0n) is 7.87. The fourth-order valence-electron chi connectivity index (χ4n) is 1.12. The lowest BCUT2D eigenvalue weighted by Gasteiger charge is -2.06. The van der Waals surface area contributed by atoms with Crippen LogP contribution in [-0.4, -0.2) is 5.91 Å². The van der Waals surface area contributed by atoms with E-state index in [-0.39, 0.29) is 5.91 Å². The van der Waals surface area contributed by atoms with Crippen molar-refractivity contribution in [3.05, 3.63) is 42.0 Å². The smallest absolute Gasteiger partial charge is 0.221 e. The lowest BCUT2D eigenvalue weighted by molar-refractivity contribution is -0.117. The molecule has 2 heteroatoms. The van der Waals surface area contributed by atoms with Crippen LogP contribution >= 0.6 is 0 Å². The molecule has 1 rings (SSSR count). The minimum atomic E-state index is -0.0445. The van der Waals surface area contributed by atoms with Gasteiger partial charge in [0.15, 0.2) is 0 Å². The summed E-state index contributed by atoms with van der Waals surface area (Å²) in [7, 11) is 0. The predicted octanol–water partition coefficient (Wildman–Crippen LogP) is 2.18. The van der Waals surface area contributed by atoms with E-state index >= 15 is 0 Å². The fraction of sp³-hybridized carbons (Fsp3) is 0.182. The van der Waals surface area contributed by atoms with Crippen LogP contribution in [0.5, 0.6) is 0 Å². The molecule has 1 amide bonds. The molecule has 0 aromatic heterocycles. The van der Waals surface area contributed by atoms with E-state index in [0.717, 1.165) is 11.3 Å². The number of carbonyl (C=O) groups excluding carboxylic acids is 1. The van der Waals surface area contributed by atoms with Crippen LogP contribution in [0.1, 0.15) is 19.4 Å². The van der Waals surface area contributed by atoms with Gasteiger partial charge in [0.1, 0.15) is 0 Å². The Kier molecular flexibility index (Phi) is 3.26. The highest BCUT2D eigenvalue weighted by Gasteiger charge is 1.99. The van der Waals surface area contributed by atoms with Crippen molar-refractivity contribution in [2.45, 2.75) is 13.8 Å². The molecule has 0 saturated heterocycles. The van der Waals surface area contributed by atoms with E-state index in [0.29, 0.717) is 0 Å². The third-order valence-electron chi connectivity index (χ3n) is 1.68. The van der Waals surface area contributed by atoms with Crippen molar-refractivity contribution >= 4 is 11.6 Å². The van der Waals surface area contributed by atoms with Crippen LogP contribution in [0.3, 0.4) is 0 Å². The Labute approximate surface area is 78.3 Å². The van der Waals surface area contributed by atoms with Gasteiger partial charge in [-0.3, -0.25) is 4.79 Å². The normalized spacial score (nSPS) is 11.1. The molecule has 0 radical (unpaired) electrons. The molecular weight excluding hydrogens is 162 g/mol. The zero-order valence-corrected chi connectivity index (χ0v) is 7.87. The largest absolute Gasteiger partial charge is 0.326 e. The van der Waals surface area contributed by atoms with E-state index in [9.17, 15) is 4.79 Å². The molecule has 1 N–H and O–H groups in total. The highest BCUT2D eigenvalue weighted by molar-refractivity contribution is 5.84. The number of rotatable bonds is 2. The van der Waals surface area contributed by atoms with E-state index in [2.05, 4.69) is 5.32 Å². The lowest BCUT2D eigenvalue weighted by Crippen LogP contribution is -2.17. The average Bonchev–Trinajstić information content (AvgIpc) is 2.15. The highest BCUT2D eigenvalue weighted by atomic mass is 16.1. The van der Waals surface area contributed by atoms with E-state index in [1.807, 2.05) is 43.3 Å². The van der Waals surface area contributed by atoms with Gasteiger partial charge in [-0.2, -0.15) is 0 Å². The maximum atomic E-state index is 10.8. The molecule has 1 aromatic rings. The van der Waals surface area contributed by atoms with Gasteiger partial charge < -0.3 is 5.32 Å². The summed E-state index contributed by atoms with van der Waals surface area (Å²) in [6.45, 7) is 3.41. The molecule has 0 fully saturated rings. The van der Waals surface area contributed by atoms with Crippen molar-refractivity contribution in [3.63, 3.8) is 0 Å². The zero-order chi connectivity index (χ0) is 9.68. The predicted molar refractivity (Wildman–Crippen MR) is 53.9 cm³/mol. The maximum absolute atomic E-state index is 10.8. The molecule has 1 aromatic carbocycles. The minimum Gasteiger partial charge on any atom is -0.326 e. The number of nitrogens with one attached hydrogen (secondary N) is 1. The van der Waals surface area contributed by atoms with Gasteiger partial charge in [0.2, 0.25) is 5.91 Å². The second kappa shape index (κ2) is 4.45. The van der Waals surface area contributed by atoms with Gasteiger partial charge in [-0.25, -0.2) is 0 Å². The Balaban J connectivity index is 2.86. The van der Waals surface area contributed by atoms with E-state index < -0.39 is 0 Å². The minimum absolute atomic E-state index is 0.0445. The van der Waals surface area contributed by atoms with Crippen LogP contribution in [0.25, 0.3) is 5.70 Å². The van der Waals surface area contributed by atoms with Gasteiger partial charge in [-0.05, 0) is 12.5 Å². The Morgan fingerprint density at radius 1 is 1.31 bits per heavy atom. The fourth-order valence-corrected chi connectivity index (χ4v) is 1.12. The first-order valence-corrected chi connectivity index (χ1v) is 4.23. The highest BCUT2D eigenvalue weighted by Crippen LogP contribution is 2.09. The van der Waals surface area contributed by atoms with E-state index in [4.69, 9.17) is 0 Å². The van der Waals surface area contributed by atoms with Crippen molar-refractivity contribution in [2.75, 3.05) is 0 Å². The molecule has 0 bridgehead atoms. The first kappa shape index (κ1) is 9.52. The molecule has 0 unspecified atom stereocenters. The van der Waals surface area contributed by atoms with Gasteiger partial charge >= 0.3 is 0 Å². The standard InChI is InChI=1S/C11H13NO/c1-3-11(12-9(2)13)10-7-5-4-6-8-10/h3-8H,1-2H3,(H,12,13)/b11-3+. The number of allylic oxidation sites excluding steroid dienone is 1. The summed E-state index contributed by atoms with van der Waals surface area (Å²) < 4.78 is 0. The molecule has 0 aliphatic carbocycles. The van der Waals surface area contributed by atoms with Crippen LogP contribution in [0.4, 0.5) is 0 Å². The number of carbonyl (C=O) groups is 1. The Bertz CT molecular complexity index is 314. The molecular formula is C11H13NO. The average molecular weight is 175 g/mol. The molecule has 0 spiro atoms. The molecule has 0 aliphatic heterocycles. The Hall–Kier alpha value is -1.57. The summed E-state index contributed by atoms with van der Waals surface area (Å²) in [5, 5.41) is 2.77. The van der Waals surface area contributed by atoms with Crippen LogP contribution in [0.2, 0.25) is 0 Å². The topological polar surface area (TPSA) is 29.1 Å². The summed E-state index contributed by atoms with van der Waals surface area (Å²) >= 11 is 0. The van der Waals surface area contributed by atoms with Crippen molar-refractivity contribution in [1.82, 2.24) is 5.32 Å². The maximum Gasteiger partial charge on any atom is 0.221 e. The van der Waals surface area contributed by atoms with Crippen LogP contribution in [0.15, 0.2) is 36.4 Å². The molecule has 0 saturated carbocycles. The summed E-state index contributed by atoms with van der Waals surface area (Å²) in [4.78, 5) is 10.8. The van der Waals surface area contributed by atoms with Crippen molar-refractivity contribution < 1.29 is 4.79 Å². The van der Waals surface area contributed by atoms with Gasteiger partial charge in [0.05, 0.1) is 0 Å². The molecule has 0 heterocycles. The molecule has 13 heavy (non-hydrogen) atoms. The SMILES string of the molecule is C/C=C(/NC(C)=O)c1ccccc1. The number of benzene rings is 1. The van der Waals surface area contributed by atoms with Gasteiger partial charge in [-0.1, -0.05) is 36.4 Å². The van der Waals surface area contributed by atoms with Crippen molar-refractivity contribution in [2.24, 2.45) is 0 Å². The molecule has 0 aliphatic rings. The second-order valence-electron chi connectivity index (χ2n) is 2.75. The van der Waals surface area contributed by atoms with Crippen molar-refractivity contribution in [3.8, 4) is 0 Å². The lowest BCUT2D eigenvalue weighted by atomic mass is 10.1. The van der Waals surface area contributed by atoms with Gasteiger partial charge in [-0.15, -0.1) is 0 Å². The summed E-state index contributed by atoms with van der Waals surface area (Å²) in [6, 6.07) is 9.77. The van der Waals surface area contributed by atoms with Crippen LogP contribution in [0, 0.1) is 0 Å². The summed E-state index contributed by atoms with van der Waals surface area (Å²) in [5.74, 6) is -0.0445. The summed E-state index contributed by atoms with van der Waals surface area (Å²) in [5.41, 5.74) is 1.88. The molecule has 2 nitrogen and oxygen atoms in total. The van der Waals surface area contributed by atoms with Gasteiger partial charge in [0, 0.05) is 12.6 Å². The third kappa shape index (κ3) is 2.75. The Morgan fingerprint density at radius 3 is 2.38 bits per heavy atom. The number of hydrogen-bond donors (Lipinski definition) is 1. The quantitative estimate of drug-likeness (QED) is 0.733. The first-order chi connectivity index (χ1) is 6.24. The first-order valence-electron chi connectivity index (χ1n) is 4.23. The number of amides is 1. The van der Waals surface area contributed by atoms with Crippen molar-refractivity contribution in [1.29, 1.82) is 0 Å². The third-order valence-corrected chi connectivity index (χ3v) is 1.68. The second-order valence-corrected chi connectivity index (χ2v) is 2.75. The van der Waals surface area contributed by atoms with E-state index in [1.54, 1.807) is 0 Å². The summed E-state index contributed by atoms with van der Waals surface area (Å²) in [6.07, 6.45) is 1.89. The number of hydrogen-bond acceptors (Lipinski definition) is 1.